The molecule has 2 heteroatoms. The number of carbonyl (C=O) groups excluding carboxylic acids is 1. The van der Waals surface area contributed by atoms with Gasteiger partial charge in [0.1, 0.15) is 5.78 Å². The van der Waals surface area contributed by atoms with E-state index in [4.69, 9.17) is 5.73 Å². The van der Waals surface area contributed by atoms with Crippen LogP contribution in [-0.4, -0.2) is 12.3 Å². The summed E-state index contributed by atoms with van der Waals surface area (Å²) in [6.45, 7) is 5.02. The average Bonchev–Trinajstić information content (AvgIpc) is 2.36. The van der Waals surface area contributed by atoms with E-state index in [1.54, 1.807) is 0 Å². The van der Waals surface area contributed by atoms with Crippen LogP contribution in [0.5, 0.6) is 0 Å². The normalized spacial score (nSPS) is 43.2. The maximum absolute atomic E-state index is 13.0. The third-order valence-corrected chi connectivity index (χ3v) is 6.17. The maximum Gasteiger partial charge on any atom is 0.141 e. The zero-order valence-corrected chi connectivity index (χ0v) is 12.5. The Morgan fingerprint density at radius 3 is 2.00 bits per heavy atom. The van der Waals surface area contributed by atoms with Gasteiger partial charge in [0, 0.05) is 11.3 Å². The van der Waals surface area contributed by atoms with Gasteiger partial charge in [-0.25, -0.2) is 0 Å². The number of hydrogen-bond acceptors (Lipinski definition) is 2. The minimum Gasteiger partial charge on any atom is -0.330 e. The van der Waals surface area contributed by atoms with Gasteiger partial charge >= 0.3 is 0 Å². The molecule has 2 unspecified atom stereocenters. The third-order valence-electron chi connectivity index (χ3n) is 6.17. The van der Waals surface area contributed by atoms with Crippen LogP contribution in [0.1, 0.15) is 58.8 Å². The van der Waals surface area contributed by atoms with Crippen molar-refractivity contribution in [1.82, 2.24) is 0 Å². The Labute approximate surface area is 117 Å². The van der Waals surface area contributed by atoms with E-state index in [0.29, 0.717) is 18.2 Å². The molecule has 4 rings (SSSR count). The summed E-state index contributed by atoms with van der Waals surface area (Å²) in [5.41, 5.74) is 5.80. The summed E-state index contributed by atoms with van der Waals surface area (Å²) in [6, 6.07) is 0. The summed E-state index contributed by atoms with van der Waals surface area (Å²) in [4.78, 5) is 13.0. The molecule has 108 valence electrons. The SMILES string of the molecule is CC(CN)CC(C)C(=O)C12CC3CC(CC(C3)C1)C2. The van der Waals surface area contributed by atoms with E-state index in [2.05, 4.69) is 13.8 Å². The molecule has 0 heterocycles. The van der Waals surface area contributed by atoms with Gasteiger partial charge < -0.3 is 5.73 Å². The molecule has 0 aromatic heterocycles. The minimum atomic E-state index is 0.0858. The first-order valence-electron chi connectivity index (χ1n) is 8.27. The van der Waals surface area contributed by atoms with E-state index in [9.17, 15) is 4.79 Å². The first kappa shape index (κ1) is 13.6. The highest BCUT2D eigenvalue weighted by molar-refractivity contribution is 5.87. The molecule has 4 saturated carbocycles. The van der Waals surface area contributed by atoms with Gasteiger partial charge in [0.2, 0.25) is 0 Å². The van der Waals surface area contributed by atoms with Gasteiger partial charge in [-0.1, -0.05) is 13.8 Å². The van der Waals surface area contributed by atoms with Gasteiger partial charge in [0.25, 0.3) is 0 Å². The Balaban J connectivity index is 1.72. The lowest BCUT2D eigenvalue weighted by Crippen LogP contribution is -2.51. The predicted molar refractivity (Wildman–Crippen MR) is 77.6 cm³/mol. The predicted octanol–water partition coefficient (Wildman–Crippen LogP) is 3.39. The van der Waals surface area contributed by atoms with Gasteiger partial charge in [-0.05, 0) is 75.2 Å². The van der Waals surface area contributed by atoms with Crippen LogP contribution < -0.4 is 5.73 Å². The largest absolute Gasteiger partial charge is 0.330 e. The molecule has 4 aliphatic rings. The zero-order chi connectivity index (χ0) is 13.6. The molecule has 4 fully saturated rings. The molecular formula is C17H29NO. The van der Waals surface area contributed by atoms with Crippen LogP contribution in [0.15, 0.2) is 0 Å². The Bertz CT molecular complexity index is 327. The molecule has 0 radical (unpaired) electrons. The average molecular weight is 263 g/mol. The van der Waals surface area contributed by atoms with Gasteiger partial charge in [0.15, 0.2) is 0 Å². The molecule has 4 aliphatic carbocycles. The van der Waals surface area contributed by atoms with Crippen molar-refractivity contribution >= 4 is 5.78 Å². The van der Waals surface area contributed by atoms with Crippen molar-refractivity contribution in [1.29, 1.82) is 0 Å². The lowest BCUT2D eigenvalue weighted by atomic mass is 9.47. The van der Waals surface area contributed by atoms with Crippen molar-refractivity contribution in [3.63, 3.8) is 0 Å². The van der Waals surface area contributed by atoms with E-state index in [1.165, 1.54) is 38.5 Å². The Morgan fingerprint density at radius 2 is 1.58 bits per heavy atom. The molecule has 2 nitrogen and oxygen atoms in total. The fourth-order valence-electron chi connectivity index (χ4n) is 5.74. The van der Waals surface area contributed by atoms with E-state index < -0.39 is 0 Å². The molecule has 0 spiro atoms. The van der Waals surface area contributed by atoms with Gasteiger partial charge in [0.05, 0.1) is 0 Å². The van der Waals surface area contributed by atoms with E-state index in [-0.39, 0.29) is 11.3 Å². The Morgan fingerprint density at radius 1 is 1.11 bits per heavy atom. The first-order valence-corrected chi connectivity index (χ1v) is 8.27. The second-order valence-corrected chi connectivity index (χ2v) is 8.04. The number of ketones is 1. The highest BCUT2D eigenvalue weighted by Gasteiger charge is 2.54. The van der Waals surface area contributed by atoms with Crippen LogP contribution >= 0.6 is 0 Å². The second kappa shape index (κ2) is 4.87. The quantitative estimate of drug-likeness (QED) is 0.826. The van der Waals surface area contributed by atoms with Crippen LogP contribution in [0.4, 0.5) is 0 Å². The molecule has 0 aromatic rings. The van der Waals surface area contributed by atoms with Crippen LogP contribution in [0.25, 0.3) is 0 Å². The highest BCUT2D eigenvalue weighted by atomic mass is 16.1. The monoisotopic (exact) mass is 263 g/mol. The number of carbonyl (C=O) groups is 1. The lowest BCUT2D eigenvalue weighted by molar-refractivity contribution is -0.148. The number of Topliss-reactive ketones (excluding diaryl/α,β-unsaturated/α-hetero) is 1. The van der Waals surface area contributed by atoms with Gasteiger partial charge in [-0.15, -0.1) is 0 Å². The molecule has 2 N–H and O–H groups in total. The van der Waals surface area contributed by atoms with Gasteiger partial charge in [-0.3, -0.25) is 4.79 Å². The number of hydrogen-bond donors (Lipinski definition) is 1. The van der Waals surface area contributed by atoms with Crippen molar-refractivity contribution in [2.75, 3.05) is 6.54 Å². The minimum absolute atomic E-state index is 0.0858. The highest BCUT2D eigenvalue weighted by Crippen LogP contribution is 2.61. The maximum atomic E-state index is 13.0. The summed E-state index contributed by atoms with van der Waals surface area (Å²) < 4.78 is 0. The molecule has 0 aromatic carbocycles. The lowest BCUT2D eigenvalue weighted by Gasteiger charge is -2.56. The first-order chi connectivity index (χ1) is 9.02. The van der Waals surface area contributed by atoms with Gasteiger partial charge in [-0.2, -0.15) is 0 Å². The van der Waals surface area contributed by atoms with E-state index in [0.717, 1.165) is 24.2 Å². The summed E-state index contributed by atoms with van der Waals surface area (Å²) in [5, 5.41) is 0. The Hall–Kier alpha value is -0.370. The molecule has 0 saturated heterocycles. The van der Waals surface area contributed by atoms with Crippen LogP contribution in [-0.2, 0) is 4.79 Å². The molecular weight excluding hydrogens is 234 g/mol. The Kier molecular flexibility index (Phi) is 3.49. The number of nitrogens with two attached hydrogens (primary N) is 1. The van der Waals surface area contributed by atoms with Crippen molar-refractivity contribution < 1.29 is 4.79 Å². The molecule has 19 heavy (non-hydrogen) atoms. The van der Waals surface area contributed by atoms with E-state index in [1.807, 2.05) is 0 Å². The summed E-state index contributed by atoms with van der Waals surface area (Å²) in [7, 11) is 0. The standard InChI is InChI=1S/C17H29NO/c1-11(10-18)3-12(2)16(19)17-7-13-4-14(8-17)6-15(5-13)9-17/h11-15H,3-10,18H2,1-2H3. The molecule has 2 atom stereocenters. The van der Waals surface area contributed by atoms with Crippen LogP contribution in [0.3, 0.4) is 0 Å². The van der Waals surface area contributed by atoms with Crippen LogP contribution in [0.2, 0.25) is 0 Å². The molecule has 0 aliphatic heterocycles. The van der Waals surface area contributed by atoms with Crippen molar-refractivity contribution in [3.05, 3.63) is 0 Å². The zero-order valence-electron chi connectivity index (χ0n) is 12.5. The molecule has 4 bridgehead atoms. The smallest absolute Gasteiger partial charge is 0.141 e. The van der Waals surface area contributed by atoms with Crippen LogP contribution in [0, 0.1) is 35.0 Å². The summed E-state index contributed by atoms with van der Waals surface area (Å²) in [6.07, 6.45) is 8.86. The fraction of sp³-hybridized carbons (Fsp3) is 0.941. The van der Waals surface area contributed by atoms with Crippen molar-refractivity contribution in [3.8, 4) is 0 Å². The third kappa shape index (κ3) is 2.37. The summed E-state index contributed by atoms with van der Waals surface area (Å²) >= 11 is 0. The summed E-state index contributed by atoms with van der Waals surface area (Å²) in [5.74, 6) is 3.90. The fourth-order valence-corrected chi connectivity index (χ4v) is 5.74. The second-order valence-electron chi connectivity index (χ2n) is 8.04. The van der Waals surface area contributed by atoms with Crippen molar-refractivity contribution in [2.24, 2.45) is 40.7 Å². The van der Waals surface area contributed by atoms with Crippen molar-refractivity contribution in [2.45, 2.75) is 58.8 Å². The molecule has 0 amide bonds. The topological polar surface area (TPSA) is 43.1 Å². The van der Waals surface area contributed by atoms with E-state index >= 15 is 0 Å². The number of rotatable bonds is 5.